The third-order valence-corrected chi connectivity index (χ3v) is 6.89. The number of benzene rings is 3. The molecule has 180 valence electrons. The van der Waals surface area contributed by atoms with Crippen LogP contribution >= 0.6 is 0 Å². The minimum Gasteiger partial charge on any atom is -0.447 e. The van der Waals surface area contributed by atoms with Gasteiger partial charge < -0.3 is 10.1 Å². The second kappa shape index (κ2) is 10.1. The number of amides is 1. The number of nitrogens with one attached hydrogen (secondary N) is 2. The summed E-state index contributed by atoms with van der Waals surface area (Å²) in [6.45, 7) is 3.80. The Kier molecular flexibility index (Phi) is 6.97. The molecule has 0 saturated carbocycles. The fourth-order valence-corrected chi connectivity index (χ4v) is 4.92. The Hall–Kier alpha value is -3.98. The Morgan fingerprint density at radius 3 is 2.49 bits per heavy atom. The fourth-order valence-electron chi connectivity index (χ4n) is 3.67. The summed E-state index contributed by atoms with van der Waals surface area (Å²) < 4.78 is 32.4. The molecule has 1 amide bonds. The molecule has 0 spiro atoms. The number of amidine groups is 1. The van der Waals surface area contributed by atoms with Crippen LogP contribution in [0.2, 0.25) is 0 Å². The maximum absolute atomic E-state index is 13.1. The molecule has 1 atom stereocenters. The summed E-state index contributed by atoms with van der Waals surface area (Å²) in [6, 6.07) is 20.9. The first kappa shape index (κ1) is 24.2. The number of aryl methyl sites for hydroxylation is 2. The highest BCUT2D eigenvalue weighted by Gasteiger charge is 2.30. The van der Waals surface area contributed by atoms with Crippen LogP contribution in [-0.4, -0.2) is 32.7 Å². The van der Waals surface area contributed by atoms with E-state index in [9.17, 15) is 18.0 Å². The van der Waals surface area contributed by atoms with Crippen molar-refractivity contribution in [1.29, 1.82) is 0 Å². The lowest BCUT2D eigenvalue weighted by atomic mass is 10.1. The molecule has 8 nitrogen and oxygen atoms in total. The highest BCUT2D eigenvalue weighted by molar-refractivity contribution is 7.90. The quantitative estimate of drug-likeness (QED) is 0.490. The van der Waals surface area contributed by atoms with E-state index < -0.39 is 28.0 Å². The van der Waals surface area contributed by atoms with Crippen molar-refractivity contribution < 1.29 is 22.7 Å². The van der Waals surface area contributed by atoms with Crippen molar-refractivity contribution in [3.05, 3.63) is 95.1 Å². The predicted octanol–water partition coefficient (Wildman–Crippen LogP) is 3.66. The standard InChI is InChI=1S/C26H25N3O5S/c1-17-12-13-18(2)21(16-17)28-26(31)24(19-8-4-3-5-9-19)34-23(30)14-15-27-25-20-10-6-7-11-22(20)35(32,33)29-25/h3-13,16,24H,14-15H2,1-2H3,(H,27,29)(H,28,31). The van der Waals surface area contributed by atoms with Gasteiger partial charge >= 0.3 is 5.97 Å². The minimum absolute atomic E-state index is 0.00879. The zero-order valence-corrected chi connectivity index (χ0v) is 20.1. The maximum atomic E-state index is 13.1. The van der Waals surface area contributed by atoms with Crippen LogP contribution in [0.3, 0.4) is 0 Å². The van der Waals surface area contributed by atoms with Crippen LogP contribution in [0.4, 0.5) is 5.69 Å². The van der Waals surface area contributed by atoms with Gasteiger partial charge in [0.25, 0.3) is 15.9 Å². The number of anilines is 1. The Bertz CT molecular complexity index is 1400. The summed E-state index contributed by atoms with van der Waals surface area (Å²) >= 11 is 0. The number of esters is 1. The summed E-state index contributed by atoms with van der Waals surface area (Å²) in [5.41, 5.74) is 3.51. The first-order valence-corrected chi connectivity index (χ1v) is 12.5. The van der Waals surface area contributed by atoms with E-state index in [0.717, 1.165) is 11.1 Å². The lowest BCUT2D eigenvalue weighted by Crippen LogP contribution is -2.26. The molecule has 1 aliphatic heterocycles. The van der Waals surface area contributed by atoms with E-state index in [-0.39, 0.29) is 23.7 Å². The molecule has 0 fully saturated rings. The Morgan fingerprint density at radius 1 is 1.00 bits per heavy atom. The molecule has 3 aromatic carbocycles. The summed E-state index contributed by atoms with van der Waals surface area (Å²) in [7, 11) is -3.66. The van der Waals surface area contributed by atoms with E-state index in [4.69, 9.17) is 4.74 Å². The molecular weight excluding hydrogens is 466 g/mol. The first-order valence-electron chi connectivity index (χ1n) is 11.0. The molecule has 0 bridgehead atoms. The van der Waals surface area contributed by atoms with Crippen LogP contribution in [0.15, 0.2) is 82.7 Å². The van der Waals surface area contributed by atoms with Gasteiger partial charge in [-0.25, -0.2) is 8.42 Å². The van der Waals surface area contributed by atoms with Crippen LogP contribution < -0.4 is 10.0 Å². The Labute approximate surface area is 204 Å². The molecule has 1 heterocycles. The van der Waals surface area contributed by atoms with E-state index in [1.807, 2.05) is 38.1 Å². The minimum atomic E-state index is -3.66. The number of aliphatic imine (C=N–C) groups is 1. The predicted molar refractivity (Wildman–Crippen MR) is 133 cm³/mol. The molecule has 35 heavy (non-hydrogen) atoms. The van der Waals surface area contributed by atoms with Crippen LogP contribution in [0.5, 0.6) is 0 Å². The maximum Gasteiger partial charge on any atom is 0.308 e. The van der Waals surface area contributed by atoms with Gasteiger partial charge in [0.2, 0.25) is 6.10 Å². The monoisotopic (exact) mass is 491 g/mol. The molecule has 1 aliphatic rings. The molecule has 3 aromatic rings. The summed E-state index contributed by atoms with van der Waals surface area (Å²) in [5.74, 6) is -0.920. The van der Waals surface area contributed by atoms with Gasteiger partial charge in [0.05, 0.1) is 17.9 Å². The second-order valence-corrected chi connectivity index (χ2v) is 9.82. The third-order valence-electron chi connectivity index (χ3n) is 5.49. The van der Waals surface area contributed by atoms with E-state index in [0.29, 0.717) is 16.8 Å². The number of hydrogen-bond acceptors (Lipinski definition) is 6. The van der Waals surface area contributed by atoms with Gasteiger partial charge in [-0.3, -0.25) is 19.3 Å². The largest absolute Gasteiger partial charge is 0.447 e. The number of sulfonamides is 1. The van der Waals surface area contributed by atoms with E-state index in [1.54, 1.807) is 42.5 Å². The average molecular weight is 492 g/mol. The molecule has 9 heteroatoms. The molecule has 0 radical (unpaired) electrons. The molecule has 1 unspecified atom stereocenters. The highest BCUT2D eigenvalue weighted by atomic mass is 32.2. The van der Waals surface area contributed by atoms with Crippen LogP contribution in [0, 0.1) is 13.8 Å². The van der Waals surface area contributed by atoms with Gasteiger partial charge in [0.1, 0.15) is 5.84 Å². The van der Waals surface area contributed by atoms with Crippen LogP contribution in [-0.2, 0) is 24.3 Å². The molecular formula is C26H25N3O5S. The molecule has 0 saturated heterocycles. The number of hydrogen-bond donors (Lipinski definition) is 2. The van der Waals surface area contributed by atoms with Crippen molar-refractivity contribution in [2.24, 2.45) is 4.99 Å². The van der Waals surface area contributed by atoms with E-state index in [1.165, 1.54) is 6.07 Å². The average Bonchev–Trinajstić information content (AvgIpc) is 3.10. The van der Waals surface area contributed by atoms with Gasteiger partial charge in [0, 0.05) is 16.8 Å². The Balaban J connectivity index is 1.46. The molecule has 2 N–H and O–H groups in total. The van der Waals surface area contributed by atoms with Gasteiger partial charge in [-0.05, 0) is 43.2 Å². The normalized spacial score (nSPS) is 15.7. The zero-order chi connectivity index (χ0) is 25.0. The van der Waals surface area contributed by atoms with Crippen molar-refractivity contribution in [2.45, 2.75) is 31.3 Å². The summed E-state index contributed by atoms with van der Waals surface area (Å²) in [4.78, 5) is 30.1. The van der Waals surface area contributed by atoms with Gasteiger partial charge in [-0.1, -0.05) is 54.6 Å². The topological polar surface area (TPSA) is 114 Å². The molecule has 0 aromatic heterocycles. The highest BCUT2D eigenvalue weighted by Crippen LogP contribution is 2.24. The van der Waals surface area contributed by atoms with Crippen molar-refractivity contribution in [2.75, 3.05) is 11.9 Å². The number of fused-ring (bicyclic) bond motifs is 1. The first-order chi connectivity index (χ1) is 16.7. The fraction of sp³-hybridized carbons (Fsp3) is 0.192. The Morgan fingerprint density at radius 2 is 1.71 bits per heavy atom. The zero-order valence-electron chi connectivity index (χ0n) is 19.3. The van der Waals surface area contributed by atoms with Gasteiger partial charge in [-0.2, -0.15) is 0 Å². The SMILES string of the molecule is Cc1ccc(C)c(NC(=O)C(OC(=O)CCN=C2NS(=O)(=O)c3ccccc32)c2ccccc2)c1. The van der Waals surface area contributed by atoms with Crippen molar-refractivity contribution in [3.8, 4) is 0 Å². The van der Waals surface area contributed by atoms with Gasteiger partial charge in [0.15, 0.2) is 0 Å². The molecule has 0 aliphatic carbocycles. The van der Waals surface area contributed by atoms with E-state index in [2.05, 4.69) is 15.0 Å². The number of nitrogens with zero attached hydrogens (tertiary/aromatic N) is 1. The van der Waals surface area contributed by atoms with Crippen LogP contribution in [0.25, 0.3) is 0 Å². The number of carbonyl (C=O) groups is 2. The van der Waals surface area contributed by atoms with Crippen molar-refractivity contribution in [3.63, 3.8) is 0 Å². The van der Waals surface area contributed by atoms with Crippen LogP contribution in [0.1, 0.15) is 34.8 Å². The third kappa shape index (κ3) is 5.58. The smallest absolute Gasteiger partial charge is 0.308 e. The number of rotatable bonds is 7. The number of carbonyl (C=O) groups excluding carboxylic acids is 2. The lowest BCUT2D eigenvalue weighted by Gasteiger charge is -2.19. The van der Waals surface area contributed by atoms with Crippen molar-refractivity contribution in [1.82, 2.24) is 4.72 Å². The molecule has 4 rings (SSSR count). The second-order valence-electron chi connectivity index (χ2n) is 8.17. The lowest BCUT2D eigenvalue weighted by molar-refractivity contribution is -0.154. The summed E-state index contributed by atoms with van der Waals surface area (Å²) in [5, 5.41) is 2.86. The summed E-state index contributed by atoms with van der Waals surface area (Å²) in [6.07, 6.45) is -1.28. The van der Waals surface area contributed by atoms with Crippen molar-refractivity contribution >= 4 is 33.4 Å². The van der Waals surface area contributed by atoms with Gasteiger partial charge in [-0.15, -0.1) is 0 Å². The number of ether oxygens (including phenoxy) is 1. The van der Waals surface area contributed by atoms with E-state index >= 15 is 0 Å².